The van der Waals surface area contributed by atoms with Crippen LogP contribution in [0.15, 0.2) is 0 Å². The minimum absolute atomic E-state index is 0. The molecular weight excluding hydrogens is 172 g/mol. The molecule has 6 heteroatoms. The van der Waals surface area contributed by atoms with E-state index in [4.69, 9.17) is 4.55 Å². The van der Waals surface area contributed by atoms with E-state index >= 15 is 0 Å². The van der Waals surface area contributed by atoms with Crippen LogP contribution < -0.4 is 0 Å². The molecule has 0 aromatic rings. The first-order valence-corrected chi connectivity index (χ1v) is 4.14. The van der Waals surface area contributed by atoms with Gasteiger partial charge in [0.15, 0.2) is 0 Å². The molecule has 0 aliphatic heterocycles. The second-order valence-corrected chi connectivity index (χ2v) is 3.95. The number of rotatable bonds is 2. The van der Waals surface area contributed by atoms with Gasteiger partial charge >= 0.3 is 23.1 Å². The van der Waals surface area contributed by atoms with Gasteiger partial charge in [-0.2, -0.15) is 21.0 Å². The van der Waals surface area contributed by atoms with Gasteiger partial charge in [-0.05, 0) is 6.42 Å². The molecule has 54 valence electrons. The molecule has 3 nitrogen and oxygen atoms in total. The summed E-state index contributed by atoms with van der Waals surface area (Å²) < 4.78 is 27.3. The third kappa shape index (κ3) is 5.47. The van der Waals surface area contributed by atoms with Gasteiger partial charge in [0, 0.05) is 0 Å². The van der Waals surface area contributed by atoms with E-state index in [-0.39, 0.29) is 25.9 Å². The van der Waals surface area contributed by atoms with Crippen LogP contribution in [-0.4, -0.2) is 40.6 Å². The van der Waals surface area contributed by atoms with E-state index in [1.807, 2.05) is 0 Å². The molecule has 0 aromatic heterocycles. The standard InChI is InChI=1S/C3H8O3S2.Mg.2H/c1-2-3(7)8(4,5)6;;;/h3,7H,2H2,1H3,(H,4,5,6);;;/q;+2;2*-1. The molecule has 0 radical (unpaired) electrons. The Morgan fingerprint density at radius 1 is 1.78 bits per heavy atom. The molecule has 0 bridgehead atoms. The third-order valence-electron chi connectivity index (χ3n) is 0.693. The number of hydrogen-bond acceptors (Lipinski definition) is 3. The Balaban J connectivity index is -0.0000000817. The number of thiol groups is 1. The van der Waals surface area contributed by atoms with Crippen LogP contribution in [-0.2, 0) is 10.1 Å². The summed E-state index contributed by atoms with van der Waals surface area (Å²) in [6.07, 6.45) is 0.321. The summed E-state index contributed by atoms with van der Waals surface area (Å²) in [6.45, 7) is 1.63. The normalized spacial score (nSPS) is 14.1. The zero-order chi connectivity index (χ0) is 6.78. The zero-order valence-corrected chi connectivity index (χ0v) is 8.24. The molecule has 0 aliphatic rings. The fourth-order valence-corrected chi connectivity index (χ4v) is 0.632. The molecule has 0 aliphatic carbocycles. The maximum Gasteiger partial charge on any atom is 2.00 e. The molecule has 0 rings (SSSR count). The summed E-state index contributed by atoms with van der Waals surface area (Å²) in [5.41, 5.74) is 0. The summed E-state index contributed by atoms with van der Waals surface area (Å²) in [4.78, 5) is 0. The Bertz CT molecular complexity index is 160. The Hall–Kier alpha value is 1.03. The van der Waals surface area contributed by atoms with Gasteiger partial charge < -0.3 is 2.85 Å². The fourth-order valence-electron chi connectivity index (χ4n) is 0.211. The van der Waals surface area contributed by atoms with Crippen molar-refractivity contribution in [2.75, 3.05) is 0 Å². The largest absolute Gasteiger partial charge is 2.00 e. The summed E-state index contributed by atoms with van der Waals surface area (Å²) in [7, 11) is -3.89. The molecule has 0 aromatic carbocycles. The van der Waals surface area contributed by atoms with Crippen molar-refractivity contribution in [2.24, 2.45) is 0 Å². The summed E-state index contributed by atoms with van der Waals surface area (Å²) >= 11 is 3.57. The molecule has 0 heterocycles. The van der Waals surface area contributed by atoms with Crippen LogP contribution >= 0.6 is 12.6 Å². The van der Waals surface area contributed by atoms with E-state index in [0.717, 1.165) is 0 Å². The first kappa shape index (κ1) is 12.7. The molecule has 1 atom stereocenters. The van der Waals surface area contributed by atoms with Crippen LogP contribution in [0.3, 0.4) is 0 Å². The van der Waals surface area contributed by atoms with Crippen molar-refractivity contribution in [1.82, 2.24) is 0 Å². The molecule has 0 saturated heterocycles. The fraction of sp³-hybridized carbons (Fsp3) is 1.00. The molecule has 0 spiro atoms. The Labute approximate surface area is 79.5 Å². The van der Waals surface area contributed by atoms with Crippen molar-refractivity contribution in [3.63, 3.8) is 0 Å². The van der Waals surface area contributed by atoms with Crippen molar-refractivity contribution in [3.8, 4) is 0 Å². The van der Waals surface area contributed by atoms with E-state index in [9.17, 15) is 8.42 Å². The van der Waals surface area contributed by atoms with Crippen LogP contribution in [0, 0.1) is 0 Å². The Morgan fingerprint density at radius 3 is 2.11 bits per heavy atom. The van der Waals surface area contributed by atoms with E-state index in [1.54, 1.807) is 6.92 Å². The SMILES string of the molecule is CCC(S)S(=O)(=O)O.[H-].[H-].[Mg+2]. The van der Waals surface area contributed by atoms with Gasteiger partial charge in [0.2, 0.25) is 0 Å². The second-order valence-electron chi connectivity index (χ2n) is 1.38. The minimum atomic E-state index is -3.89. The van der Waals surface area contributed by atoms with Gasteiger partial charge in [-0.1, -0.05) is 6.92 Å². The molecule has 0 amide bonds. The van der Waals surface area contributed by atoms with E-state index in [2.05, 4.69) is 12.6 Å². The summed E-state index contributed by atoms with van der Waals surface area (Å²) in [5, 5.41) is 0. The van der Waals surface area contributed by atoms with Crippen LogP contribution in [0.25, 0.3) is 0 Å². The third-order valence-corrected chi connectivity index (χ3v) is 2.88. The Morgan fingerprint density at radius 2 is 2.11 bits per heavy atom. The van der Waals surface area contributed by atoms with Crippen molar-refractivity contribution in [3.05, 3.63) is 0 Å². The minimum Gasteiger partial charge on any atom is -1.00 e. The first-order chi connectivity index (χ1) is 3.48. The Kier molecular flexibility index (Phi) is 6.74. The topological polar surface area (TPSA) is 54.4 Å². The van der Waals surface area contributed by atoms with Crippen molar-refractivity contribution < 1.29 is 15.8 Å². The van der Waals surface area contributed by atoms with Gasteiger partial charge in [-0.3, -0.25) is 4.55 Å². The smallest absolute Gasteiger partial charge is 1.00 e. The van der Waals surface area contributed by atoms with Crippen LogP contribution in [0.5, 0.6) is 0 Å². The average Bonchev–Trinajstić information content (AvgIpc) is 1.62. The van der Waals surface area contributed by atoms with Gasteiger partial charge in [-0.15, -0.1) is 0 Å². The van der Waals surface area contributed by atoms with Crippen LogP contribution in [0.2, 0.25) is 0 Å². The average molecular weight is 183 g/mol. The van der Waals surface area contributed by atoms with Gasteiger partial charge in [-0.25, -0.2) is 0 Å². The van der Waals surface area contributed by atoms with Crippen LogP contribution in [0.4, 0.5) is 0 Å². The molecule has 1 N–H and O–H groups in total. The second kappa shape index (κ2) is 4.78. The van der Waals surface area contributed by atoms with E-state index < -0.39 is 14.7 Å². The maximum atomic E-state index is 10.0. The van der Waals surface area contributed by atoms with Crippen LogP contribution in [0.1, 0.15) is 16.2 Å². The molecule has 1 unspecified atom stereocenters. The summed E-state index contributed by atoms with van der Waals surface area (Å²) in [6, 6.07) is 0. The molecule has 0 saturated carbocycles. The van der Waals surface area contributed by atoms with Gasteiger partial charge in [0.05, 0.1) is 0 Å². The molecule has 0 fully saturated rings. The maximum absolute atomic E-state index is 10.0. The zero-order valence-electron chi connectivity index (χ0n) is 7.11. The van der Waals surface area contributed by atoms with E-state index in [0.29, 0.717) is 6.42 Å². The monoisotopic (exact) mass is 182 g/mol. The van der Waals surface area contributed by atoms with Crippen molar-refractivity contribution >= 4 is 45.8 Å². The predicted octanol–water partition coefficient (Wildman–Crippen LogP) is 0.384. The predicted molar refractivity (Wildman–Crippen MR) is 42.6 cm³/mol. The quantitative estimate of drug-likeness (QED) is 0.369. The van der Waals surface area contributed by atoms with Gasteiger partial charge in [0.25, 0.3) is 10.1 Å². The van der Waals surface area contributed by atoms with Crippen molar-refractivity contribution in [2.45, 2.75) is 17.9 Å². The molecule has 9 heavy (non-hydrogen) atoms. The first-order valence-electron chi connectivity index (χ1n) is 2.13. The number of hydrogen-bond donors (Lipinski definition) is 2. The summed E-state index contributed by atoms with van der Waals surface area (Å²) in [5.74, 6) is 0. The van der Waals surface area contributed by atoms with Gasteiger partial charge in [0.1, 0.15) is 4.58 Å². The van der Waals surface area contributed by atoms with Crippen molar-refractivity contribution in [1.29, 1.82) is 0 Å². The van der Waals surface area contributed by atoms with E-state index in [1.165, 1.54) is 0 Å². The molecular formula is C3H10MgO3S2.